The summed E-state index contributed by atoms with van der Waals surface area (Å²) in [6.07, 6.45) is 11.8. The highest BCUT2D eigenvalue weighted by atomic mass is 127. The second-order valence-electron chi connectivity index (χ2n) is 12.5. The van der Waals surface area contributed by atoms with Gasteiger partial charge in [0.05, 0.1) is 5.60 Å². The average Bonchev–Trinajstić information content (AvgIpc) is 2.84. The minimum atomic E-state index is -1.67. The molecule has 0 aromatic carbocycles. The maximum Gasteiger partial charge on any atom is 0.192 e. The third-order valence-corrected chi connectivity index (χ3v) is 16.8. The van der Waals surface area contributed by atoms with Crippen LogP contribution in [0.2, 0.25) is 18.1 Å². The molecule has 1 N–H and O–H groups in total. The van der Waals surface area contributed by atoms with Crippen LogP contribution in [0.25, 0.3) is 0 Å². The number of aliphatic hydroxyl groups is 1. The van der Waals surface area contributed by atoms with Gasteiger partial charge < -0.3 is 9.53 Å². The smallest absolute Gasteiger partial charge is 0.192 e. The van der Waals surface area contributed by atoms with Crippen LogP contribution >= 0.6 is 22.6 Å². The van der Waals surface area contributed by atoms with Crippen molar-refractivity contribution in [3.63, 3.8) is 0 Å². The molecule has 8 atom stereocenters. The Morgan fingerprint density at radius 3 is 2.36 bits per heavy atom. The molecule has 0 unspecified atom stereocenters. The Bertz CT molecular complexity index is 602. The normalized spacial score (nSPS) is 49.3. The van der Waals surface area contributed by atoms with Crippen molar-refractivity contribution < 1.29 is 9.53 Å². The molecule has 4 aliphatic rings. The van der Waals surface area contributed by atoms with E-state index in [0.717, 1.165) is 24.2 Å². The van der Waals surface area contributed by atoms with Crippen LogP contribution in [0, 0.1) is 29.1 Å². The zero-order chi connectivity index (χ0) is 20.5. The van der Waals surface area contributed by atoms with Crippen molar-refractivity contribution in [2.24, 2.45) is 29.1 Å². The molecule has 4 fully saturated rings. The van der Waals surface area contributed by atoms with E-state index in [1.54, 1.807) is 0 Å². The van der Waals surface area contributed by atoms with E-state index in [0.29, 0.717) is 21.0 Å². The summed E-state index contributed by atoms with van der Waals surface area (Å²) >= 11 is 2.64. The van der Waals surface area contributed by atoms with E-state index in [1.165, 1.54) is 51.4 Å². The van der Waals surface area contributed by atoms with Gasteiger partial charge in [-0.25, -0.2) is 0 Å². The Morgan fingerprint density at radius 2 is 1.68 bits per heavy atom. The van der Waals surface area contributed by atoms with E-state index in [-0.39, 0.29) is 11.0 Å². The van der Waals surface area contributed by atoms with Crippen molar-refractivity contribution in [1.29, 1.82) is 0 Å². The van der Waals surface area contributed by atoms with Gasteiger partial charge in [-0.2, -0.15) is 0 Å². The Hall–Kier alpha value is 0.867. The molecular weight excluding hydrogens is 475 g/mol. The van der Waals surface area contributed by atoms with E-state index in [2.05, 4.69) is 63.4 Å². The molecule has 0 radical (unpaired) electrons. The van der Waals surface area contributed by atoms with Crippen LogP contribution in [-0.2, 0) is 4.43 Å². The highest BCUT2D eigenvalue weighted by Crippen LogP contribution is 2.65. The van der Waals surface area contributed by atoms with E-state index < -0.39 is 8.32 Å². The number of fused-ring (bicyclic) bond motifs is 5. The number of halogens is 1. The third-order valence-electron chi connectivity index (χ3n) is 10.2. The van der Waals surface area contributed by atoms with Gasteiger partial charge in [0.2, 0.25) is 0 Å². The van der Waals surface area contributed by atoms with E-state index in [1.807, 2.05) is 0 Å². The van der Waals surface area contributed by atoms with Gasteiger partial charge in [-0.15, -0.1) is 0 Å². The SMILES string of the molecule is CC(C)(C)[Si](C)(C)O[C@H]1CC[C@H]2[C@H](CC[C@@H]3[C@@H]2CC[C@]2(C)[C@H](I)CC[C@]32O)C1. The molecule has 162 valence electrons. The van der Waals surface area contributed by atoms with Gasteiger partial charge >= 0.3 is 0 Å². The first-order valence-electron chi connectivity index (χ1n) is 11.9. The highest BCUT2D eigenvalue weighted by Gasteiger charge is 2.64. The largest absolute Gasteiger partial charge is 0.414 e. The lowest BCUT2D eigenvalue weighted by Crippen LogP contribution is -2.60. The van der Waals surface area contributed by atoms with E-state index >= 15 is 0 Å². The lowest BCUT2D eigenvalue weighted by atomic mass is 9.49. The highest BCUT2D eigenvalue weighted by molar-refractivity contribution is 14.1. The molecule has 0 heterocycles. The van der Waals surface area contributed by atoms with Gasteiger partial charge in [0.25, 0.3) is 0 Å². The summed E-state index contributed by atoms with van der Waals surface area (Å²) in [5.74, 6) is 3.02. The maximum absolute atomic E-state index is 11.9. The third kappa shape index (κ3) is 3.29. The number of hydrogen-bond donors (Lipinski definition) is 1. The Balaban J connectivity index is 1.46. The maximum atomic E-state index is 11.9. The summed E-state index contributed by atoms with van der Waals surface area (Å²) in [4.78, 5) is 0. The van der Waals surface area contributed by atoms with Gasteiger partial charge in [-0.3, -0.25) is 0 Å². The Morgan fingerprint density at radius 1 is 0.964 bits per heavy atom. The molecule has 0 saturated heterocycles. The van der Waals surface area contributed by atoms with Crippen LogP contribution in [0.5, 0.6) is 0 Å². The Labute approximate surface area is 188 Å². The molecule has 28 heavy (non-hydrogen) atoms. The molecule has 0 aromatic rings. The van der Waals surface area contributed by atoms with E-state index in [9.17, 15) is 5.11 Å². The zero-order valence-corrected chi connectivity index (χ0v) is 22.2. The molecule has 4 saturated carbocycles. The van der Waals surface area contributed by atoms with Gasteiger partial charge in [0, 0.05) is 15.4 Å². The van der Waals surface area contributed by atoms with Gasteiger partial charge in [-0.1, -0.05) is 50.3 Å². The lowest BCUT2D eigenvalue weighted by Gasteiger charge is -2.59. The van der Waals surface area contributed by atoms with Crippen LogP contribution in [0.1, 0.15) is 85.5 Å². The van der Waals surface area contributed by atoms with Gasteiger partial charge in [0.15, 0.2) is 8.32 Å². The second kappa shape index (κ2) is 7.20. The summed E-state index contributed by atoms with van der Waals surface area (Å²) in [7, 11) is -1.67. The first-order valence-corrected chi connectivity index (χ1v) is 16.1. The quantitative estimate of drug-likeness (QED) is 0.244. The van der Waals surface area contributed by atoms with Gasteiger partial charge in [-0.05, 0) is 99.6 Å². The Kier molecular flexibility index (Phi) is 5.67. The summed E-state index contributed by atoms with van der Waals surface area (Å²) < 4.78 is 7.49. The number of alkyl halides is 1. The van der Waals surface area contributed by atoms with Crippen molar-refractivity contribution in [2.45, 2.75) is 119 Å². The second-order valence-corrected chi connectivity index (χ2v) is 18.7. The van der Waals surface area contributed by atoms with Crippen LogP contribution in [0.3, 0.4) is 0 Å². The number of hydrogen-bond acceptors (Lipinski definition) is 2. The van der Waals surface area contributed by atoms with Crippen molar-refractivity contribution in [3.8, 4) is 0 Å². The summed E-state index contributed by atoms with van der Waals surface area (Å²) in [6, 6.07) is 0. The molecule has 0 amide bonds. The topological polar surface area (TPSA) is 29.5 Å². The summed E-state index contributed by atoms with van der Waals surface area (Å²) in [5.41, 5.74) is -0.231. The standard InChI is InChI=1S/C24H43IO2Si/c1-22(2,3)28(5,6)27-17-8-9-18-16(15-17)7-10-20-19(18)11-13-23(4)21(25)12-14-24(20,23)26/h16-21,26H,7-15H2,1-6H3/t16-,17+,18+,19-,20-,21-,23-,24+/m1/s1. The van der Waals surface area contributed by atoms with Crippen LogP contribution in [-0.4, -0.2) is 29.1 Å². The minimum absolute atomic E-state index is 0.157. The fraction of sp³-hybridized carbons (Fsp3) is 1.00. The van der Waals surface area contributed by atoms with Crippen molar-refractivity contribution in [1.82, 2.24) is 0 Å². The fourth-order valence-electron chi connectivity index (χ4n) is 7.43. The first kappa shape index (κ1) is 22.1. The van der Waals surface area contributed by atoms with Crippen LogP contribution in [0.4, 0.5) is 0 Å². The fourth-order valence-corrected chi connectivity index (χ4v) is 9.99. The molecule has 0 bridgehead atoms. The van der Waals surface area contributed by atoms with E-state index in [4.69, 9.17) is 4.43 Å². The molecule has 4 heteroatoms. The predicted octanol–water partition coefficient (Wildman–Crippen LogP) is 6.95. The lowest BCUT2D eigenvalue weighted by molar-refractivity contribution is -0.177. The molecule has 0 aliphatic heterocycles. The summed E-state index contributed by atoms with van der Waals surface area (Å²) in [5, 5.41) is 12.2. The van der Waals surface area contributed by atoms with Crippen molar-refractivity contribution in [3.05, 3.63) is 0 Å². The van der Waals surface area contributed by atoms with Crippen LogP contribution < -0.4 is 0 Å². The molecule has 0 aromatic heterocycles. The van der Waals surface area contributed by atoms with Crippen LogP contribution in [0.15, 0.2) is 0 Å². The average molecular weight is 519 g/mol. The predicted molar refractivity (Wildman–Crippen MR) is 128 cm³/mol. The summed E-state index contributed by atoms with van der Waals surface area (Å²) in [6.45, 7) is 14.3. The molecule has 2 nitrogen and oxygen atoms in total. The van der Waals surface area contributed by atoms with Crippen molar-refractivity contribution >= 4 is 30.9 Å². The molecular formula is C24H43IO2Si. The molecule has 0 spiro atoms. The zero-order valence-electron chi connectivity index (χ0n) is 19.1. The molecule has 4 aliphatic carbocycles. The van der Waals surface area contributed by atoms with Gasteiger partial charge in [0.1, 0.15) is 0 Å². The minimum Gasteiger partial charge on any atom is -0.414 e. The number of rotatable bonds is 2. The van der Waals surface area contributed by atoms with Crippen molar-refractivity contribution in [2.75, 3.05) is 0 Å². The molecule has 4 rings (SSSR count). The first-order chi connectivity index (χ1) is 12.9. The monoisotopic (exact) mass is 518 g/mol.